The van der Waals surface area contributed by atoms with Gasteiger partial charge in [0.05, 0.1) is 0 Å². The zero-order valence-corrected chi connectivity index (χ0v) is 6.86. The molecule has 0 aliphatic rings. The molecule has 1 rings (SSSR count). The predicted molar refractivity (Wildman–Crippen MR) is 42.2 cm³/mol. The second kappa shape index (κ2) is 2.21. The molecule has 0 nitrogen and oxygen atoms in total. The van der Waals surface area contributed by atoms with E-state index in [9.17, 15) is 12.6 Å². The van der Waals surface area contributed by atoms with Crippen LogP contribution in [-0.2, 0) is 0 Å². The van der Waals surface area contributed by atoms with Gasteiger partial charge in [0, 0.05) is 0 Å². The van der Waals surface area contributed by atoms with E-state index in [0.29, 0.717) is 6.66 Å². The summed E-state index contributed by atoms with van der Waals surface area (Å²) in [5.41, 5.74) is 0. The van der Waals surface area contributed by atoms with E-state index in [-0.39, 0.29) is 0 Å². The standard InChI is InChI=1S/C7H8F3P/c1-11(8,9,10)7-5-3-2-4-6-7/h2-6H,1H3. The van der Waals surface area contributed by atoms with Crippen LogP contribution in [0.5, 0.6) is 0 Å². The molecule has 0 saturated heterocycles. The van der Waals surface area contributed by atoms with Gasteiger partial charge in [-0.25, -0.2) is 0 Å². The quantitative estimate of drug-likeness (QED) is 0.582. The molecule has 62 valence electrons. The normalized spacial score (nSPS) is 15.5. The first-order valence-electron chi connectivity index (χ1n) is 3.09. The van der Waals surface area contributed by atoms with E-state index in [1.165, 1.54) is 12.1 Å². The summed E-state index contributed by atoms with van der Waals surface area (Å²) in [6, 6.07) is 6.60. The fourth-order valence-corrected chi connectivity index (χ4v) is 1.55. The first kappa shape index (κ1) is 8.54. The van der Waals surface area contributed by atoms with Crippen LogP contribution < -0.4 is 5.30 Å². The van der Waals surface area contributed by atoms with Crippen molar-refractivity contribution >= 4 is 12.8 Å². The van der Waals surface area contributed by atoms with Crippen molar-refractivity contribution in [3.63, 3.8) is 0 Å². The second-order valence-electron chi connectivity index (χ2n) is 2.51. The van der Waals surface area contributed by atoms with E-state index >= 15 is 0 Å². The Labute approximate surface area is 63.3 Å². The summed E-state index contributed by atoms with van der Waals surface area (Å²) in [4.78, 5) is 0. The van der Waals surface area contributed by atoms with Gasteiger partial charge in [0.25, 0.3) is 0 Å². The van der Waals surface area contributed by atoms with E-state index in [1.807, 2.05) is 0 Å². The number of hydrogen-bond donors (Lipinski definition) is 0. The molecular formula is C7H8F3P. The minimum absolute atomic E-state index is 0.376. The molecule has 0 radical (unpaired) electrons. The van der Waals surface area contributed by atoms with Gasteiger partial charge in [-0.3, -0.25) is 0 Å². The van der Waals surface area contributed by atoms with Gasteiger partial charge >= 0.3 is 62.4 Å². The first-order valence-corrected chi connectivity index (χ1v) is 5.44. The van der Waals surface area contributed by atoms with E-state index < -0.39 is 12.8 Å². The SMILES string of the molecule is CP(F)(F)(F)c1ccccc1. The summed E-state index contributed by atoms with van der Waals surface area (Å²) < 4.78 is 37.8. The molecule has 0 spiro atoms. The van der Waals surface area contributed by atoms with Crippen molar-refractivity contribution in [2.24, 2.45) is 0 Å². The molecule has 0 unspecified atom stereocenters. The van der Waals surface area contributed by atoms with Crippen LogP contribution in [0.1, 0.15) is 0 Å². The van der Waals surface area contributed by atoms with Crippen LogP contribution in [0.2, 0.25) is 0 Å². The molecule has 1 aromatic rings. The summed E-state index contributed by atoms with van der Waals surface area (Å²) in [6.07, 6.45) is 0. The molecule has 0 aliphatic heterocycles. The van der Waals surface area contributed by atoms with Crippen LogP contribution in [0, 0.1) is 0 Å². The summed E-state index contributed by atoms with van der Waals surface area (Å²) in [5, 5.41) is -0.488. The molecule has 0 fully saturated rings. The van der Waals surface area contributed by atoms with Crippen molar-refractivity contribution in [1.82, 2.24) is 0 Å². The molecule has 0 N–H and O–H groups in total. The van der Waals surface area contributed by atoms with Crippen LogP contribution in [0.15, 0.2) is 30.3 Å². The van der Waals surface area contributed by atoms with Crippen molar-refractivity contribution in [1.29, 1.82) is 0 Å². The summed E-state index contributed by atoms with van der Waals surface area (Å²) in [5.74, 6) is 0. The van der Waals surface area contributed by atoms with E-state index in [1.54, 1.807) is 6.07 Å². The Hall–Kier alpha value is -0.560. The van der Waals surface area contributed by atoms with Crippen LogP contribution in [0.3, 0.4) is 0 Å². The Morgan fingerprint density at radius 3 is 1.73 bits per heavy atom. The Bertz CT molecular complexity index is 240. The van der Waals surface area contributed by atoms with Crippen molar-refractivity contribution in [3.8, 4) is 0 Å². The summed E-state index contributed by atoms with van der Waals surface area (Å²) >= 11 is 0. The van der Waals surface area contributed by atoms with Crippen LogP contribution in [0.4, 0.5) is 12.6 Å². The average molecular weight is 180 g/mol. The molecule has 0 bridgehead atoms. The molecule has 11 heavy (non-hydrogen) atoms. The zero-order chi connectivity index (χ0) is 8.56. The molecule has 0 heterocycles. The molecule has 0 saturated carbocycles. The summed E-state index contributed by atoms with van der Waals surface area (Å²) in [7, 11) is -5.99. The molecular weight excluding hydrogens is 172 g/mol. The van der Waals surface area contributed by atoms with Gasteiger partial charge < -0.3 is 0 Å². The Kier molecular flexibility index (Phi) is 1.72. The minimum atomic E-state index is -5.99. The van der Waals surface area contributed by atoms with E-state index in [4.69, 9.17) is 0 Å². The predicted octanol–water partition coefficient (Wildman–Crippen LogP) is 3.15. The third-order valence-corrected chi connectivity index (χ3v) is 2.71. The van der Waals surface area contributed by atoms with Crippen molar-refractivity contribution in [2.45, 2.75) is 0 Å². The average Bonchev–Trinajstić information content (AvgIpc) is 1.86. The van der Waals surface area contributed by atoms with Crippen LogP contribution >= 0.6 is 7.54 Å². The van der Waals surface area contributed by atoms with Gasteiger partial charge in [-0.05, 0) is 0 Å². The molecule has 0 amide bonds. The zero-order valence-electron chi connectivity index (χ0n) is 5.97. The van der Waals surface area contributed by atoms with Gasteiger partial charge in [-0.2, -0.15) is 0 Å². The fraction of sp³-hybridized carbons (Fsp3) is 0.143. The maximum atomic E-state index is 12.6. The molecule has 4 heteroatoms. The van der Waals surface area contributed by atoms with Gasteiger partial charge in [-0.15, -0.1) is 0 Å². The van der Waals surface area contributed by atoms with Crippen LogP contribution in [-0.4, -0.2) is 6.66 Å². The Morgan fingerprint density at radius 2 is 1.45 bits per heavy atom. The number of benzene rings is 1. The molecule has 0 aromatic heterocycles. The molecule has 1 aromatic carbocycles. The fourth-order valence-electron chi connectivity index (χ4n) is 0.746. The number of halogens is 3. The Balaban J connectivity index is 3.14. The maximum absolute atomic E-state index is 12.6. The Morgan fingerprint density at radius 1 is 1.00 bits per heavy atom. The van der Waals surface area contributed by atoms with Crippen molar-refractivity contribution in [2.75, 3.05) is 6.66 Å². The first-order chi connectivity index (χ1) is 4.86. The molecule has 0 atom stereocenters. The van der Waals surface area contributed by atoms with E-state index in [0.717, 1.165) is 12.1 Å². The van der Waals surface area contributed by atoms with Gasteiger partial charge in [0.2, 0.25) is 0 Å². The van der Waals surface area contributed by atoms with Crippen molar-refractivity contribution < 1.29 is 12.6 Å². The van der Waals surface area contributed by atoms with Gasteiger partial charge in [-0.1, -0.05) is 0 Å². The van der Waals surface area contributed by atoms with E-state index in [2.05, 4.69) is 0 Å². The second-order valence-corrected chi connectivity index (χ2v) is 5.38. The number of hydrogen-bond acceptors (Lipinski definition) is 0. The van der Waals surface area contributed by atoms with Crippen LogP contribution in [0.25, 0.3) is 0 Å². The monoisotopic (exact) mass is 180 g/mol. The topological polar surface area (TPSA) is 0 Å². The van der Waals surface area contributed by atoms with Gasteiger partial charge in [0.1, 0.15) is 0 Å². The van der Waals surface area contributed by atoms with Gasteiger partial charge in [0.15, 0.2) is 0 Å². The molecule has 0 aliphatic carbocycles. The number of rotatable bonds is 1. The van der Waals surface area contributed by atoms with Crippen molar-refractivity contribution in [3.05, 3.63) is 30.3 Å². The third kappa shape index (κ3) is 2.19. The third-order valence-electron chi connectivity index (χ3n) is 1.31. The summed E-state index contributed by atoms with van der Waals surface area (Å²) in [6.45, 7) is 0.376.